The predicted molar refractivity (Wildman–Crippen MR) is 69.6 cm³/mol. The SMILES string of the molecule is N#Cc1cccc(NC(=O)Cn2cccc2C=O)c1. The molecule has 19 heavy (non-hydrogen) atoms. The summed E-state index contributed by atoms with van der Waals surface area (Å²) in [6, 6.07) is 12.0. The third-order valence-electron chi connectivity index (χ3n) is 2.57. The van der Waals surface area contributed by atoms with Gasteiger partial charge in [0.2, 0.25) is 5.91 Å². The van der Waals surface area contributed by atoms with E-state index in [1.54, 1.807) is 47.2 Å². The molecule has 0 saturated heterocycles. The van der Waals surface area contributed by atoms with Gasteiger partial charge in [0.15, 0.2) is 6.29 Å². The van der Waals surface area contributed by atoms with Crippen LogP contribution in [0, 0.1) is 11.3 Å². The number of amides is 1. The Hall–Kier alpha value is -2.87. The lowest BCUT2D eigenvalue weighted by Gasteiger charge is -2.07. The van der Waals surface area contributed by atoms with Crippen LogP contribution in [0.3, 0.4) is 0 Å². The van der Waals surface area contributed by atoms with Crippen molar-refractivity contribution >= 4 is 17.9 Å². The molecular formula is C14H11N3O2. The van der Waals surface area contributed by atoms with E-state index in [0.29, 0.717) is 23.2 Å². The summed E-state index contributed by atoms with van der Waals surface area (Å²) in [4.78, 5) is 22.5. The van der Waals surface area contributed by atoms with Crippen LogP contribution in [-0.4, -0.2) is 16.8 Å². The molecule has 0 fully saturated rings. The Morgan fingerprint density at radius 3 is 2.95 bits per heavy atom. The summed E-state index contributed by atoms with van der Waals surface area (Å²) < 4.78 is 1.55. The number of anilines is 1. The molecule has 0 aliphatic heterocycles. The molecule has 1 aromatic heterocycles. The minimum atomic E-state index is -0.255. The maximum Gasteiger partial charge on any atom is 0.244 e. The number of hydrogen-bond acceptors (Lipinski definition) is 3. The van der Waals surface area contributed by atoms with Crippen LogP contribution >= 0.6 is 0 Å². The van der Waals surface area contributed by atoms with E-state index in [9.17, 15) is 9.59 Å². The number of carbonyl (C=O) groups excluding carboxylic acids is 2. The highest BCUT2D eigenvalue weighted by atomic mass is 16.2. The maximum atomic E-state index is 11.8. The molecule has 0 spiro atoms. The average Bonchev–Trinajstić information content (AvgIpc) is 2.86. The Morgan fingerprint density at radius 1 is 1.37 bits per heavy atom. The van der Waals surface area contributed by atoms with Crippen LogP contribution in [-0.2, 0) is 11.3 Å². The first-order valence-electron chi connectivity index (χ1n) is 5.63. The predicted octanol–water partition coefficient (Wildman–Crippen LogP) is 1.81. The van der Waals surface area contributed by atoms with Crippen molar-refractivity contribution in [1.29, 1.82) is 5.26 Å². The number of aldehydes is 1. The van der Waals surface area contributed by atoms with Crippen LogP contribution in [0.4, 0.5) is 5.69 Å². The Balaban J connectivity index is 2.05. The Morgan fingerprint density at radius 2 is 2.21 bits per heavy atom. The first-order valence-corrected chi connectivity index (χ1v) is 5.63. The molecule has 0 unspecified atom stereocenters. The molecule has 1 heterocycles. The van der Waals surface area contributed by atoms with Crippen molar-refractivity contribution in [3.63, 3.8) is 0 Å². The highest BCUT2D eigenvalue weighted by Crippen LogP contribution is 2.10. The molecule has 2 aromatic rings. The fourth-order valence-electron chi connectivity index (χ4n) is 1.70. The molecule has 0 radical (unpaired) electrons. The minimum Gasteiger partial charge on any atom is -0.336 e. The van der Waals surface area contributed by atoms with Crippen molar-refractivity contribution < 1.29 is 9.59 Å². The zero-order valence-electron chi connectivity index (χ0n) is 10.0. The van der Waals surface area contributed by atoms with Crippen molar-refractivity contribution in [2.45, 2.75) is 6.54 Å². The number of rotatable bonds is 4. The van der Waals surface area contributed by atoms with Crippen molar-refractivity contribution in [2.24, 2.45) is 0 Å². The lowest BCUT2D eigenvalue weighted by Crippen LogP contribution is -2.19. The second kappa shape index (κ2) is 5.65. The molecular weight excluding hydrogens is 242 g/mol. The van der Waals surface area contributed by atoms with E-state index >= 15 is 0 Å². The van der Waals surface area contributed by atoms with E-state index in [0.717, 1.165) is 0 Å². The lowest BCUT2D eigenvalue weighted by molar-refractivity contribution is -0.116. The molecule has 0 aliphatic carbocycles. The normalized spacial score (nSPS) is 9.63. The van der Waals surface area contributed by atoms with E-state index < -0.39 is 0 Å². The molecule has 1 amide bonds. The van der Waals surface area contributed by atoms with E-state index in [2.05, 4.69) is 5.32 Å². The van der Waals surface area contributed by atoms with Gasteiger partial charge in [-0.05, 0) is 30.3 Å². The second-order valence-electron chi connectivity index (χ2n) is 3.92. The third kappa shape index (κ3) is 3.07. The quantitative estimate of drug-likeness (QED) is 0.844. The number of benzene rings is 1. The van der Waals surface area contributed by atoms with Crippen LogP contribution in [0.5, 0.6) is 0 Å². The van der Waals surface area contributed by atoms with Gasteiger partial charge in [-0.1, -0.05) is 6.07 Å². The van der Waals surface area contributed by atoms with Crippen LogP contribution < -0.4 is 5.32 Å². The molecule has 0 aliphatic rings. The van der Waals surface area contributed by atoms with Crippen LogP contribution in [0.15, 0.2) is 42.6 Å². The van der Waals surface area contributed by atoms with E-state index in [1.165, 1.54) is 0 Å². The summed E-state index contributed by atoms with van der Waals surface area (Å²) in [5.41, 5.74) is 1.48. The molecule has 0 atom stereocenters. The number of hydrogen-bond donors (Lipinski definition) is 1. The molecule has 1 N–H and O–H groups in total. The first kappa shape index (κ1) is 12.6. The van der Waals surface area contributed by atoms with Gasteiger partial charge in [0.1, 0.15) is 6.54 Å². The monoisotopic (exact) mass is 253 g/mol. The van der Waals surface area contributed by atoms with Gasteiger partial charge in [-0.25, -0.2) is 0 Å². The number of nitriles is 1. The van der Waals surface area contributed by atoms with E-state index in [-0.39, 0.29) is 12.5 Å². The fourth-order valence-corrected chi connectivity index (χ4v) is 1.70. The van der Waals surface area contributed by atoms with Gasteiger partial charge in [-0.3, -0.25) is 9.59 Å². The van der Waals surface area contributed by atoms with E-state index in [1.807, 2.05) is 6.07 Å². The zero-order valence-corrected chi connectivity index (χ0v) is 10.0. The summed E-state index contributed by atoms with van der Waals surface area (Å²) in [6.45, 7) is 0.0534. The van der Waals surface area contributed by atoms with E-state index in [4.69, 9.17) is 5.26 Å². The van der Waals surface area contributed by atoms with Crippen molar-refractivity contribution in [3.05, 3.63) is 53.9 Å². The standard InChI is InChI=1S/C14H11N3O2/c15-8-11-3-1-4-12(7-11)16-14(19)9-17-6-2-5-13(17)10-18/h1-7,10H,9H2,(H,16,19). The summed E-state index contributed by atoms with van der Waals surface area (Å²) in [5, 5.41) is 11.4. The minimum absolute atomic E-state index is 0.0534. The van der Waals surface area contributed by atoms with Gasteiger partial charge in [0.25, 0.3) is 0 Å². The maximum absolute atomic E-state index is 11.8. The van der Waals surface area contributed by atoms with Gasteiger partial charge < -0.3 is 9.88 Å². The second-order valence-corrected chi connectivity index (χ2v) is 3.92. The first-order chi connectivity index (χ1) is 9.22. The van der Waals surface area contributed by atoms with Crippen molar-refractivity contribution in [3.8, 4) is 6.07 Å². The molecule has 2 rings (SSSR count). The van der Waals surface area contributed by atoms with Gasteiger partial charge in [0.05, 0.1) is 17.3 Å². The summed E-state index contributed by atoms with van der Waals surface area (Å²) >= 11 is 0. The van der Waals surface area contributed by atoms with Gasteiger partial charge >= 0.3 is 0 Å². The topological polar surface area (TPSA) is 74.9 Å². The largest absolute Gasteiger partial charge is 0.336 e. The van der Waals surface area contributed by atoms with Gasteiger partial charge in [-0.2, -0.15) is 5.26 Å². The Kier molecular flexibility index (Phi) is 3.74. The highest BCUT2D eigenvalue weighted by Gasteiger charge is 2.06. The summed E-state index contributed by atoms with van der Waals surface area (Å²) in [6.07, 6.45) is 2.36. The molecule has 1 aromatic carbocycles. The Bertz CT molecular complexity index is 653. The molecule has 94 valence electrons. The number of carbonyl (C=O) groups is 2. The third-order valence-corrected chi connectivity index (χ3v) is 2.57. The molecule has 5 heteroatoms. The van der Waals surface area contributed by atoms with Crippen molar-refractivity contribution in [2.75, 3.05) is 5.32 Å². The number of aromatic nitrogens is 1. The zero-order chi connectivity index (χ0) is 13.7. The van der Waals surface area contributed by atoms with Crippen LogP contribution in [0.1, 0.15) is 16.1 Å². The fraction of sp³-hybridized carbons (Fsp3) is 0.0714. The summed E-state index contributed by atoms with van der Waals surface area (Å²) in [5.74, 6) is -0.255. The summed E-state index contributed by atoms with van der Waals surface area (Å²) in [7, 11) is 0. The lowest BCUT2D eigenvalue weighted by atomic mass is 10.2. The molecule has 0 bridgehead atoms. The van der Waals surface area contributed by atoms with Gasteiger partial charge in [-0.15, -0.1) is 0 Å². The smallest absolute Gasteiger partial charge is 0.244 e. The van der Waals surface area contributed by atoms with Crippen LogP contribution in [0.25, 0.3) is 0 Å². The molecule has 5 nitrogen and oxygen atoms in total. The van der Waals surface area contributed by atoms with Gasteiger partial charge in [0, 0.05) is 11.9 Å². The van der Waals surface area contributed by atoms with Crippen LogP contribution in [0.2, 0.25) is 0 Å². The Labute approximate surface area is 110 Å². The highest BCUT2D eigenvalue weighted by molar-refractivity contribution is 5.91. The van der Waals surface area contributed by atoms with Crippen molar-refractivity contribution in [1.82, 2.24) is 4.57 Å². The number of nitrogens with zero attached hydrogens (tertiary/aromatic N) is 2. The number of nitrogens with one attached hydrogen (secondary N) is 1. The average molecular weight is 253 g/mol. The molecule has 0 saturated carbocycles.